The van der Waals surface area contributed by atoms with E-state index >= 15 is 0 Å². The Morgan fingerprint density at radius 3 is 2.64 bits per heavy atom. The second-order valence-corrected chi connectivity index (χ2v) is 3.82. The highest BCUT2D eigenvalue weighted by molar-refractivity contribution is 5.29. The van der Waals surface area contributed by atoms with Gasteiger partial charge in [-0.1, -0.05) is 13.8 Å². The highest BCUT2D eigenvalue weighted by Gasteiger charge is 2.21. The van der Waals surface area contributed by atoms with Gasteiger partial charge in [0.15, 0.2) is 0 Å². The van der Waals surface area contributed by atoms with Crippen molar-refractivity contribution in [2.24, 2.45) is 18.7 Å². The van der Waals surface area contributed by atoms with E-state index in [-0.39, 0.29) is 0 Å². The van der Waals surface area contributed by atoms with Gasteiger partial charge in [-0.2, -0.15) is 5.10 Å². The topological polar surface area (TPSA) is 53.1 Å². The van der Waals surface area contributed by atoms with Crippen LogP contribution >= 0.6 is 0 Å². The zero-order valence-electron chi connectivity index (χ0n) is 9.32. The van der Waals surface area contributed by atoms with Crippen LogP contribution in [-0.4, -0.2) is 23.4 Å². The lowest BCUT2D eigenvalue weighted by Gasteiger charge is -2.18. The van der Waals surface area contributed by atoms with Crippen molar-refractivity contribution in [3.8, 4) is 5.88 Å². The maximum Gasteiger partial charge on any atom is 0.214 e. The fourth-order valence-electron chi connectivity index (χ4n) is 1.71. The fraction of sp³-hybridized carbons (Fsp3) is 0.700. The molecule has 0 aliphatic heterocycles. The largest absolute Gasteiger partial charge is 0.481 e. The lowest BCUT2D eigenvalue weighted by Crippen LogP contribution is -2.18. The van der Waals surface area contributed by atoms with Gasteiger partial charge in [0.25, 0.3) is 0 Å². The van der Waals surface area contributed by atoms with E-state index in [1.807, 2.05) is 13.2 Å². The summed E-state index contributed by atoms with van der Waals surface area (Å²) >= 11 is 0. The Kier molecular flexibility index (Phi) is 3.52. The summed E-state index contributed by atoms with van der Waals surface area (Å²) in [4.78, 5) is 0. The normalized spacial score (nSPS) is 13.3. The number of ether oxygens (including phenoxy) is 1. The minimum absolute atomic E-state index is 0.318. The molecule has 1 unspecified atom stereocenters. The monoisotopic (exact) mass is 197 g/mol. The minimum atomic E-state index is 0.318. The zero-order valence-corrected chi connectivity index (χ0v) is 9.32. The maximum absolute atomic E-state index is 5.75. The van der Waals surface area contributed by atoms with Gasteiger partial charge in [0.1, 0.15) is 0 Å². The van der Waals surface area contributed by atoms with Crippen LogP contribution in [0.3, 0.4) is 0 Å². The first kappa shape index (κ1) is 11.0. The molecule has 1 aromatic heterocycles. The lowest BCUT2D eigenvalue weighted by molar-refractivity contribution is 0.360. The number of nitrogens with zero attached hydrogens (tertiary/aromatic N) is 2. The van der Waals surface area contributed by atoms with Gasteiger partial charge < -0.3 is 10.5 Å². The summed E-state index contributed by atoms with van der Waals surface area (Å²) < 4.78 is 7.03. The average molecular weight is 197 g/mol. The van der Waals surface area contributed by atoms with Gasteiger partial charge in [-0.25, -0.2) is 4.68 Å². The van der Waals surface area contributed by atoms with Crippen LogP contribution in [0, 0.1) is 5.92 Å². The summed E-state index contributed by atoms with van der Waals surface area (Å²) in [5.41, 5.74) is 6.85. The minimum Gasteiger partial charge on any atom is -0.481 e. The second-order valence-electron chi connectivity index (χ2n) is 3.82. The molecule has 1 aromatic rings. The SMILES string of the molecule is COc1c(C(CN)C(C)C)cnn1C. The van der Waals surface area contributed by atoms with Gasteiger partial charge in [0.2, 0.25) is 5.88 Å². The number of methoxy groups -OCH3 is 1. The van der Waals surface area contributed by atoms with Crippen LogP contribution in [0.1, 0.15) is 25.3 Å². The molecule has 0 saturated heterocycles. The van der Waals surface area contributed by atoms with Crippen molar-refractivity contribution in [1.29, 1.82) is 0 Å². The quantitative estimate of drug-likeness (QED) is 0.787. The molecular weight excluding hydrogens is 178 g/mol. The van der Waals surface area contributed by atoms with Crippen molar-refractivity contribution >= 4 is 0 Å². The lowest BCUT2D eigenvalue weighted by atomic mass is 9.90. The van der Waals surface area contributed by atoms with Crippen molar-refractivity contribution in [1.82, 2.24) is 9.78 Å². The number of rotatable bonds is 4. The van der Waals surface area contributed by atoms with Crippen LogP contribution in [0.5, 0.6) is 5.88 Å². The van der Waals surface area contributed by atoms with Crippen molar-refractivity contribution < 1.29 is 4.74 Å². The highest BCUT2D eigenvalue weighted by Crippen LogP contribution is 2.30. The molecule has 0 saturated carbocycles. The third-order valence-corrected chi connectivity index (χ3v) is 2.56. The van der Waals surface area contributed by atoms with E-state index in [2.05, 4.69) is 18.9 Å². The molecule has 1 heterocycles. The summed E-state index contributed by atoms with van der Waals surface area (Å²) in [5.74, 6) is 1.63. The van der Waals surface area contributed by atoms with Crippen LogP contribution < -0.4 is 10.5 Å². The number of hydrogen-bond donors (Lipinski definition) is 1. The first-order valence-electron chi connectivity index (χ1n) is 4.87. The van der Waals surface area contributed by atoms with Crippen LogP contribution in [-0.2, 0) is 7.05 Å². The molecule has 1 rings (SSSR count). The van der Waals surface area contributed by atoms with E-state index in [1.54, 1.807) is 11.8 Å². The Bertz CT molecular complexity index is 294. The van der Waals surface area contributed by atoms with E-state index in [0.29, 0.717) is 18.4 Å². The fourth-order valence-corrected chi connectivity index (χ4v) is 1.71. The smallest absolute Gasteiger partial charge is 0.214 e. The Labute approximate surface area is 85.0 Å². The van der Waals surface area contributed by atoms with E-state index in [0.717, 1.165) is 11.4 Å². The summed E-state index contributed by atoms with van der Waals surface area (Å²) in [6.07, 6.45) is 1.84. The van der Waals surface area contributed by atoms with Crippen LogP contribution in [0.25, 0.3) is 0 Å². The van der Waals surface area contributed by atoms with Crippen LogP contribution in [0.4, 0.5) is 0 Å². The predicted molar refractivity (Wildman–Crippen MR) is 56.4 cm³/mol. The molecule has 0 radical (unpaired) electrons. The number of nitrogens with two attached hydrogens (primary N) is 1. The molecule has 0 fully saturated rings. The predicted octanol–water partition coefficient (Wildman–Crippen LogP) is 1.13. The van der Waals surface area contributed by atoms with Crippen molar-refractivity contribution in [2.45, 2.75) is 19.8 Å². The maximum atomic E-state index is 5.75. The third-order valence-electron chi connectivity index (χ3n) is 2.56. The Morgan fingerprint density at radius 2 is 2.21 bits per heavy atom. The van der Waals surface area contributed by atoms with Gasteiger partial charge in [-0.05, 0) is 12.5 Å². The number of hydrogen-bond acceptors (Lipinski definition) is 3. The van der Waals surface area contributed by atoms with Gasteiger partial charge in [-0.3, -0.25) is 0 Å². The summed E-state index contributed by atoms with van der Waals surface area (Å²) in [6, 6.07) is 0. The molecular formula is C10H19N3O. The molecule has 80 valence electrons. The molecule has 4 heteroatoms. The zero-order chi connectivity index (χ0) is 10.7. The van der Waals surface area contributed by atoms with Gasteiger partial charge in [0.05, 0.1) is 13.3 Å². The number of aromatic nitrogens is 2. The molecule has 4 nitrogen and oxygen atoms in total. The molecule has 14 heavy (non-hydrogen) atoms. The number of aryl methyl sites for hydroxylation is 1. The Morgan fingerprint density at radius 1 is 1.57 bits per heavy atom. The first-order chi connectivity index (χ1) is 6.61. The molecule has 0 amide bonds. The molecule has 0 bridgehead atoms. The van der Waals surface area contributed by atoms with Crippen LogP contribution in [0.2, 0.25) is 0 Å². The standard InChI is InChI=1S/C10H19N3O/c1-7(2)8(5-11)9-6-12-13(3)10(9)14-4/h6-8H,5,11H2,1-4H3. The van der Waals surface area contributed by atoms with E-state index in [4.69, 9.17) is 10.5 Å². The molecule has 0 aliphatic rings. The molecule has 1 atom stereocenters. The van der Waals surface area contributed by atoms with E-state index < -0.39 is 0 Å². The van der Waals surface area contributed by atoms with E-state index in [1.165, 1.54) is 0 Å². The van der Waals surface area contributed by atoms with Gasteiger partial charge in [-0.15, -0.1) is 0 Å². The van der Waals surface area contributed by atoms with Crippen molar-refractivity contribution in [3.05, 3.63) is 11.8 Å². The summed E-state index contributed by atoms with van der Waals surface area (Å²) in [5, 5.41) is 4.17. The van der Waals surface area contributed by atoms with Crippen LogP contribution in [0.15, 0.2) is 6.20 Å². The molecule has 0 aliphatic carbocycles. The molecule has 2 N–H and O–H groups in total. The first-order valence-corrected chi connectivity index (χ1v) is 4.87. The van der Waals surface area contributed by atoms with Gasteiger partial charge in [0, 0.05) is 18.5 Å². The van der Waals surface area contributed by atoms with E-state index in [9.17, 15) is 0 Å². The Balaban J connectivity index is 3.03. The Hall–Kier alpha value is -1.03. The summed E-state index contributed by atoms with van der Waals surface area (Å²) in [7, 11) is 3.53. The summed E-state index contributed by atoms with van der Waals surface area (Å²) in [6.45, 7) is 4.94. The molecule has 0 aromatic carbocycles. The highest BCUT2D eigenvalue weighted by atomic mass is 16.5. The van der Waals surface area contributed by atoms with Gasteiger partial charge >= 0.3 is 0 Å². The second kappa shape index (κ2) is 4.46. The third kappa shape index (κ3) is 1.90. The van der Waals surface area contributed by atoms with Crippen molar-refractivity contribution in [3.63, 3.8) is 0 Å². The average Bonchev–Trinajstić information content (AvgIpc) is 2.48. The van der Waals surface area contributed by atoms with Crippen molar-refractivity contribution in [2.75, 3.05) is 13.7 Å². The molecule has 0 spiro atoms.